The number of rotatable bonds is 3. The van der Waals surface area contributed by atoms with E-state index in [1.807, 2.05) is 13.8 Å². The maximum atomic E-state index is 12.1. The molecule has 1 aliphatic heterocycles. The van der Waals surface area contributed by atoms with Crippen molar-refractivity contribution in [3.8, 4) is 0 Å². The van der Waals surface area contributed by atoms with Crippen LogP contribution in [0.25, 0.3) is 0 Å². The monoisotopic (exact) mass is 191 g/mol. The molecule has 0 aromatic rings. The quantitative estimate of drug-likeness (QED) is 0.693. The molecule has 0 spiro atoms. The van der Waals surface area contributed by atoms with Gasteiger partial charge in [0.25, 0.3) is 0 Å². The summed E-state index contributed by atoms with van der Waals surface area (Å²) in [5.74, 6) is 0. The fraction of sp³-hybridized carbons (Fsp3) is 1.00. The van der Waals surface area contributed by atoms with Crippen molar-refractivity contribution >= 4 is 7.37 Å². The van der Waals surface area contributed by atoms with E-state index in [0.717, 1.165) is 19.4 Å². The van der Waals surface area contributed by atoms with Crippen molar-refractivity contribution in [2.45, 2.75) is 32.0 Å². The van der Waals surface area contributed by atoms with Gasteiger partial charge in [0.15, 0.2) is 0 Å². The van der Waals surface area contributed by atoms with Gasteiger partial charge in [-0.25, -0.2) is 0 Å². The van der Waals surface area contributed by atoms with Gasteiger partial charge in [0.1, 0.15) is 0 Å². The maximum Gasteiger partial charge on any atom is 0.219 e. The summed E-state index contributed by atoms with van der Waals surface area (Å²) in [6.45, 7) is 7.10. The maximum absolute atomic E-state index is 12.1. The third-order valence-electron chi connectivity index (χ3n) is 2.62. The predicted octanol–water partition coefficient (Wildman–Crippen LogP) is 2.03. The average Bonchev–Trinajstić information content (AvgIpc) is 2.37. The van der Waals surface area contributed by atoms with E-state index < -0.39 is 7.37 Å². The second kappa shape index (κ2) is 3.49. The lowest BCUT2D eigenvalue weighted by atomic mass is 10.2. The molecule has 0 aromatic heterocycles. The van der Waals surface area contributed by atoms with Gasteiger partial charge in [-0.1, -0.05) is 0 Å². The molecule has 1 heterocycles. The summed E-state index contributed by atoms with van der Waals surface area (Å²) in [6.07, 6.45) is 2.06. The molecule has 0 radical (unpaired) electrons. The fourth-order valence-electron chi connectivity index (χ4n) is 1.61. The summed E-state index contributed by atoms with van der Waals surface area (Å²) < 4.78 is 17.4. The second-order valence-electron chi connectivity index (χ2n) is 3.57. The van der Waals surface area contributed by atoms with Crippen molar-refractivity contribution in [3.05, 3.63) is 0 Å². The van der Waals surface area contributed by atoms with Crippen LogP contribution in [0.3, 0.4) is 0 Å². The Morgan fingerprint density at radius 3 is 2.75 bits per heavy atom. The Kier molecular flexibility index (Phi) is 2.97. The van der Waals surface area contributed by atoms with Crippen LogP contribution in [0.15, 0.2) is 0 Å². The minimum Gasteiger partial charge on any atom is -0.328 e. The second-order valence-corrected chi connectivity index (χ2v) is 6.50. The highest BCUT2D eigenvalue weighted by Crippen LogP contribution is 2.57. The number of nitrogens with one attached hydrogen (secondary N) is 1. The van der Waals surface area contributed by atoms with Crippen molar-refractivity contribution in [2.24, 2.45) is 0 Å². The molecule has 1 aliphatic rings. The molecule has 4 heteroatoms. The van der Waals surface area contributed by atoms with Crippen LogP contribution in [-0.2, 0) is 9.09 Å². The Balaban J connectivity index is 2.71. The van der Waals surface area contributed by atoms with E-state index in [4.69, 9.17) is 4.52 Å². The van der Waals surface area contributed by atoms with E-state index in [1.54, 1.807) is 6.66 Å². The summed E-state index contributed by atoms with van der Waals surface area (Å²) in [5.41, 5.74) is 0. The molecule has 2 unspecified atom stereocenters. The lowest BCUT2D eigenvalue weighted by Crippen LogP contribution is -2.36. The van der Waals surface area contributed by atoms with Crippen LogP contribution in [0.4, 0.5) is 0 Å². The molecule has 12 heavy (non-hydrogen) atoms. The van der Waals surface area contributed by atoms with E-state index in [2.05, 4.69) is 5.32 Å². The molecule has 72 valence electrons. The predicted molar refractivity (Wildman–Crippen MR) is 50.8 cm³/mol. The normalized spacial score (nSPS) is 34.9. The SMILES string of the molecule is CCOP(C)(=O)C1(C)CCCN1. The summed E-state index contributed by atoms with van der Waals surface area (Å²) in [4.78, 5) is 0. The van der Waals surface area contributed by atoms with Crippen LogP contribution in [-0.4, -0.2) is 25.1 Å². The molecule has 0 aliphatic carbocycles. The Morgan fingerprint density at radius 2 is 2.33 bits per heavy atom. The molecular weight excluding hydrogens is 173 g/mol. The van der Waals surface area contributed by atoms with Crippen molar-refractivity contribution < 1.29 is 9.09 Å². The lowest BCUT2D eigenvalue weighted by Gasteiger charge is -2.31. The van der Waals surface area contributed by atoms with Crippen molar-refractivity contribution in [1.82, 2.24) is 5.32 Å². The van der Waals surface area contributed by atoms with Crippen LogP contribution >= 0.6 is 7.37 Å². The minimum atomic E-state index is -2.46. The van der Waals surface area contributed by atoms with Gasteiger partial charge in [0, 0.05) is 6.66 Å². The highest BCUT2D eigenvalue weighted by Gasteiger charge is 2.43. The molecule has 2 atom stereocenters. The Morgan fingerprint density at radius 1 is 1.67 bits per heavy atom. The first kappa shape index (κ1) is 10.2. The van der Waals surface area contributed by atoms with Gasteiger partial charge in [0.2, 0.25) is 7.37 Å². The van der Waals surface area contributed by atoms with E-state index in [1.165, 1.54) is 0 Å². The first-order valence-corrected chi connectivity index (χ1v) is 6.56. The van der Waals surface area contributed by atoms with Crippen LogP contribution < -0.4 is 5.32 Å². The number of hydrogen-bond donors (Lipinski definition) is 1. The molecule has 1 fully saturated rings. The summed E-state index contributed by atoms with van der Waals surface area (Å²) >= 11 is 0. The minimum absolute atomic E-state index is 0.275. The van der Waals surface area contributed by atoms with Crippen molar-refractivity contribution in [3.63, 3.8) is 0 Å². The molecule has 1 rings (SSSR count). The molecule has 1 saturated heterocycles. The largest absolute Gasteiger partial charge is 0.328 e. The van der Waals surface area contributed by atoms with Gasteiger partial charge in [-0.15, -0.1) is 0 Å². The Hall–Kier alpha value is 0.150. The summed E-state index contributed by atoms with van der Waals surface area (Å²) in [5, 5.41) is 3.00. The van der Waals surface area contributed by atoms with Crippen LogP contribution in [0, 0.1) is 0 Å². The average molecular weight is 191 g/mol. The molecule has 0 bridgehead atoms. The molecule has 0 saturated carbocycles. The lowest BCUT2D eigenvalue weighted by molar-refractivity contribution is 0.308. The topological polar surface area (TPSA) is 38.3 Å². The standard InChI is InChI=1S/C8H18NO2P/c1-4-11-12(3,10)8(2)6-5-7-9-8/h9H,4-7H2,1-3H3. The van der Waals surface area contributed by atoms with E-state index in [9.17, 15) is 4.57 Å². The zero-order chi connectivity index (χ0) is 9.24. The van der Waals surface area contributed by atoms with Crippen LogP contribution in [0.2, 0.25) is 0 Å². The van der Waals surface area contributed by atoms with Gasteiger partial charge < -0.3 is 9.84 Å². The van der Waals surface area contributed by atoms with Gasteiger partial charge in [-0.2, -0.15) is 0 Å². The highest BCUT2D eigenvalue weighted by molar-refractivity contribution is 7.59. The van der Waals surface area contributed by atoms with Crippen LogP contribution in [0.1, 0.15) is 26.7 Å². The third kappa shape index (κ3) is 1.73. The van der Waals surface area contributed by atoms with Crippen molar-refractivity contribution in [1.29, 1.82) is 0 Å². The Bertz CT molecular complexity index is 199. The third-order valence-corrected chi connectivity index (χ3v) is 5.54. The highest BCUT2D eigenvalue weighted by atomic mass is 31.2. The summed E-state index contributed by atoms with van der Waals surface area (Å²) in [7, 11) is -2.46. The van der Waals surface area contributed by atoms with E-state index in [-0.39, 0.29) is 5.28 Å². The summed E-state index contributed by atoms with van der Waals surface area (Å²) in [6, 6.07) is 0. The van der Waals surface area contributed by atoms with E-state index in [0.29, 0.717) is 6.61 Å². The Labute approximate surface area is 74.3 Å². The van der Waals surface area contributed by atoms with Crippen molar-refractivity contribution in [2.75, 3.05) is 19.8 Å². The molecule has 3 nitrogen and oxygen atoms in total. The van der Waals surface area contributed by atoms with Crippen LogP contribution in [0.5, 0.6) is 0 Å². The fourth-order valence-corrected chi connectivity index (χ4v) is 3.36. The first-order valence-electron chi connectivity index (χ1n) is 4.49. The van der Waals surface area contributed by atoms with E-state index >= 15 is 0 Å². The zero-order valence-corrected chi connectivity index (χ0v) is 8.99. The van der Waals surface area contributed by atoms with Gasteiger partial charge in [0.05, 0.1) is 11.9 Å². The molecule has 1 N–H and O–H groups in total. The molecule has 0 amide bonds. The smallest absolute Gasteiger partial charge is 0.219 e. The molecular formula is C8H18NO2P. The first-order chi connectivity index (χ1) is 5.52. The zero-order valence-electron chi connectivity index (χ0n) is 8.09. The van der Waals surface area contributed by atoms with Gasteiger partial charge in [-0.05, 0) is 33.2 Å². The van der Waals surface area contributed by atoms with Gasteiger partial charge >= 0.3 is 0 Å². The number of hydrogen-bond acceptors (Lipinski definition) is 3. The van der Waals surface area contributed by atoms with Gasteiger partial charge in [-0.3, -0.25) is 4.57 Å². The molecule has 0 aromatic carbocycles.